The Morgan fingerprint density at radius 3 is 2.47 bits per heavy atom. The zero-order valence-corrected chi connectivity index (χ0v) is 15.6. The SMILES string of the molecule is CN(C(=O)Oc1ccc(C(F)(F)F)cc1)c1ccccc1-c1nc2ncccc2o1. The average molecular weight is 413 g/mol. The molecule has 0 saturated carbocycles. The first-order valence-corrected chi connectivity index (χ1v) is 8.77. The maximum atomic E-state index is 12.7. The minimum atomic E-state index is -4.47. The highest BCUT2D eigenvalue weighted by Gasteiger charge is 2.30. The van der Waals surface area contributed by atoms with Crippen LogP contribution in [0.3, 0.4) is 0 Å². The Labute approximate surface area is 168 Å². The number of benzene rings is 2. The van der Waals surface area contributed by atoms with Gasteiger partial charge in [0.1, 0.15) is 5.75 Å². The van der Waals surface area contributed by atoms with Gasteiger partial charge in [-0.05, 0) is 48.5 Å². The van der Waals surface area contributed by atoms with Crippen LogP contribution >= 0.6 is 0 Å². The Hall–Kier alpha value is -3.88. The van der Waals surface area contributed by atoms with Crippen molar-refractivity contribution in [2.24, 2.45) is 0 Å². The normalized spacial score (nSPS) is 11.5. The van der Waals surface area contributed by atoms with Gasteiger partial charge in [-0.25, -0.2) is 9.78 Å². The minimum absolute atomic E-state index is 0.0107. The number of anilines is 1. The third-order valence-electron chi connectivity index (χ3n) is 4.32. The molecular weight excluding hydrogens is 399 g/mol. The molecule has 9 heteroatoms. The van der Waals surface area contributed by atoms with Crippen molar-refractivity contribution in [3.05, 3.63) is 72.4 Å². The molecule has 4 aromatic rings. The van der Waals surface area contributed by atoms with Gasteiger partial charge < -0.3 is 9.15 Å². The van der Waals surface area contributed by atoms with Gasteiger partial charge in [0, 0.05) is 13.2 Å². The number of halogens is 3. The standard InChI is InChI=1S/C21H14F3N3O3/c1-27(20(28)29-14-10-8-13(9-11-14)21(22,23)24)16-6-3-2-5-15(16)19-26-18-17(30-19)7-4-12-25-18/h2-12H,1H3. The lowest BCUT2D eigenvalue weighted by molar-refractivity contribution is -0.137. The second-order valence-electron chi connectivity index (χ2n) is 6.31. The number of oxazole rings is 1. The lowest BCUT2D eigenvalue weighted by atomic mass is 10.1. The highest BCUT2D eigenvalue weighted by atomic mass is 19.4. The van der Waals surface area contributed by atoms with E-state index in [0.29, 0.717) is 22.5 Å². The van der Waals surface area contributed by atoms with Crippen molar-refractivity contribution in [3.8, 4) is 17.2 Å². The molecule has 0 aliphatic rings. The number of carbonyl (C=O) groups is 1. The van der Waals surface area contributed by atoms with Crippen molar-refractivity contribution in [2.75, 3.05) is 11.9 Å². The van der Waals surface area contributed by atoms with Crippen molar-refractivity contribution in [3.63, 3.8) is 0 Å². The van der Waals surface area contributed by atoms with E-state index in [1.54, 1.807) is 42.6 Å². The van der Waals surface area contributed by atoms with Crippen LogP contribution in [0.1, 0.15) is 5.56 Å². The van der Waals surface area contributed by atoms with Crippen LogP contribution in [0.25, 0.3) is 22.7 Å². The molecule has 30 heavy (non-hydrogen) atoms. The molecular formula is C21H14F3N3O3. The fraction of sp³-hybridized carbons (Fsp3) is 0.0952. The third-order valence-corrected chi connectivity index (χ3v) is 4.32. The van der Waals surface area contributed by atoms with Crippen LogP contribution in [-0.4, -0.2) is 23.1 Å². The van der Waals surface area contributed by atoms with Crippen molar-refractivity contribution < 1.29 is 27.1 Å². The summed E-state index contributed by atoms with van der Waals surface area (Å²) in [7, 11) is 1.48. The Morgan fingerprint density at radius 1 is 1.03 bits per heavy atom. The van der Waals surface area contributed by atoms with E-state index in [1.807, 2.05) is 0 Å². The fourth-order valence-electron chi connectivity index (χ4n) is 2.81. The van der Waals surface area contributed by atoms with Crippen LogP contribution in [0.15, 0.2) is 71.3 Å². The van der Waals surface area contributed by atoms with Gasteiger partial charge in [-0.1, -0.05) is 12.1 Å². The third kappa shape index (κ3) is 3.82. The summed E-state index contributed by atoms with van der Waals surface area (Å²) < 4.78 is 49.0. The number of hydrogen-bond donors (Lipinski definition) is 0. The van der Waals surface area contributed by atoms with E-state index in [2.05, 4.69) is 9.97 Å². The van der Waals surface area contributed by atoms with Gasteiger partial charge in [0.05, 0.1) is 16.8 Å². The molecule has 0 aliphatic heterocycles. The van der Waals surface area contributed by atoms with Crippen molar-refractivity contribution in [1.29, 1.82) is 0 Å². The van der Waals surface area contributed by atoms with E-state index in [1.165, 1.54) is 11.9 Å². The maximum absolute atomic E-state index is 12.7. The number of pyridine rings is 1. The summed E-state index contributed by atoms with van der Waals surface area (Å²) >= 11 is 0. The lowest BCUT2D eigenvalue weighted by Crippen LogP contribution is -2.29. The van der Waals surface area contributed by atoms with Crippen LogP contribution in [0.2, 0.25) is 0 Å². The largest absolute Gasteiger partial charge is 0.434 e. The monoisotopic (exact) mass is 413 g/mol. The Bertz CT molecular complexity index is 1170. The summed E-state index contributed by atoms with van der Waals surface area (Å²) in [6, 6.07) is 14.2. The van der Waals surface area contributed by atoms with Crippen LogP contribution in [0, 0.1) is 0 Å². The van der Waals surface area contributed by atoms with E-state index < -0.39 is 17.8 Å². The molecule has 0 fully saturated rings. The molecule has 152 valence electrons. The topological polar surface area (TPSA) is 68.5 Å². The fourth-order valence-corrected chi connectivity index (χ4v) is 2.81. The molecule has 0 radical (unpaired) electrons. The molecule has 2 aromatic heterocycles. The Balaban J connectivity index is 1.59. The van der Waals surface area contributed by atoms with E-state index in [4.69, 9.17) is 9.15 Å². The van der Waals surface area contributed by atoms with Gasteiger partial charge in [0.25, 0.3) is 0 Å². The van der Waals surface area contributed by atoms with Gasteiger partial charge in [-0.15, -0.1) is 0 Å². The number of rotatable bonds is 3. The van der Waals surface area contributed by atoms with Crippen molar-refractivity contribution >= 4 is 23.0 Å². The van der Waals surface area contributed by atoms with Crippen LogP contribution in [0.4, 0.5) is 23.7 Å². The predicted octanol–water partition coefficient (Wildman–Crippen LogP) is 5.54. The number of alkyl halides is 3. The Kier molecular flexibility index (Phi) is 4.86. The highest BCUT2D eigenvalue weighted by molar-refractivity contribution is 5.93. The molecule has 0 aliphatic carbocycles. The van der Waals surface area contributed by atoms with Crippen LogP contribution in [0.5, 0.6) is 5.75 Å². The molecule has 0 unspecified atom stereocenters. The average Bonchev–Trinajstić information content (AvgIpc) is 3.17. The number of hydrogen-bond acceptors (Lipinski definition) is 5. The van der Waals surface area contributed by atoms with E-state index in [0.717, 1.165) is 24.3 Å². The van der Waals surface area contributed by atoms with Crippen molar-refractivity contribution in [1.82, 2.24) is 9.97 Å². The van der Waals surface area contributed by atoms with Crippen LogP contribution < -0.4 is 9.64 Å². The summed E-state index contributed by atoms with van der Waals surface area (Å²) in [4.78, 5) is 22.3. The van der Waals surface area contributed by atoms with E-state index in [-0.39, 0.29) is 11.6 Å². The van der Waals surface area contributed by atoms with Gasteiger partial charge in [0.2, 0.25) is 5.89 Å². The quantitative estimate of drug-likeness (QED) is 0.441. The molecule has 2 heterocycles. The smallest absolute Gasteiger partial charge is 0.419 e. The zero-order chi connectivity index (χ0) is 21.3. The molecule has 0 spiro atoms. The van der Waals surface area contributed by atoms with Gasteiger partial charge in [-0.2, -0.15) is 18.2 Å². The molecule has 2 aromatic carbocycles. The van der Waals surface area contributed by atoms with E-state index >= 15 is 0 Å². The molecule has 6 nitrogen and oxygen atoms in total. The van der Waals surface area contributed by atoms with Gasteiger partial charge in [-0.3, -0.25) is 4.90 Å². The molecule has 0 atom stereocenters. The number of nitrogens with zero attached hydrogens (tertiary/aromatic N) is 3. The van der Waals surface area contributed by atoms with E-state index in [9.17, 15) is 18.0 Å². The summed E-state index contributed by atoms with van der Waals surface area (Å²) in [6.07, 6.45) is -3.66. The number of aromatic nitrogens is 2. The summed E-state index contributed by atoms with van der Waals surface area (Å²) in [5.41, 5.74) is 1.07. The first kappa shape index (κ1) is 19.4. The first-order chi connectivity index (χ1) is 14.3. The number of fused-ring (bicyclic) bond motifs is 1. The first-order valence-electron chi connectivity index (χ1n) is 8.77. The molecule has 1 amide bonds. The second kappa shape index (κ2) is 7.51. The predicted molar refractivity (Wildman–Crippen MR) is 103 cm³/mol. The summed E-state index contributed by atoms with van der Waals surface area (Å²) in [6.45, 7) is 0. The van der Waals surface area contributed by atoms with Crippen LogP contribution in [-0.2, 0) is 6.18 Å². The summed E-state index contributed by atoms with van der Waals surface area (Å²) in [5.74, 6) is 0.261. The second-order valence-corrected chi connectivity index (χ2v) is 6.31. The van der Waals surface area contributed by atoms with Gasteiger partial charge in [0.15, 0.2) is 11.2 Å². The number of amides is 1. The number of para-hydroxylation sites is 1. The zero-order valence-electron chi connectivity index (χ0n) is 15.6. The number of ether oxygens (including phenoxy) is 1. The summed E-state index contributed by atoms with van der Waals surface area (Å²) in [5, 5.41) is 0. The molecule has 0 saturated heterocycles. The molecule has 0 bridgehead atoms. The van der Waals surface area contributed by atoms with Gasteiger partial charge >= 0.3 is 12.3 Å². The Morgan fingerprint density at radius 2 is 1.77 bits per heavy atom. The van der Waals surface area contributed by atoms with Crippen molar-refractivity contribution in [2.45, 2.75) is 6.18 Å². The highest BCUT2D eigenvalue weighted by Crippen LogP contribution is 2.33. The number of carbonyl (C=O) groups excluding carboxylic acids is 1. The maximum Gasteiger partial charge on any atom is 0.419 e. The molecule has 0 N–H and O–H groups in total. The minimum Gasteiger partial charge on any atom is -0.434 e. The lowest BCUT2D eigenvalue weighted by Gasteiger charge is -2.19. The molecule has 4 rings (SSSR count).